The highest BCUT2D eigenvalue weighted by molar-refractivity contribution is 5.50. The van der Waals surface area contributed by atoms with Gasteiger partial charge in [-0.1, -0.05) is 19.3 Å². The highest BCUT2D eigenvalue weighted by Gasteiger charge is 2.14. The molecule has 1 aliphatic carbocycles. The SMILES string of the molecule is N#Cc1cncnc1NC1CCCCC1. The zero-order valence-electron chi connectivity index (χ0n) is 8.61. The lowest BCUT2D eigenvalue weighted by molar-refractivity contribution is 0.461. The summed E-state index contributed by atoms with van der Waals surface area (Å²) < 4.78 is 0. The normalized spacial score (nSPS) is 17.0. The standard InChI is InChI=1S/C11H14N4/c12-6-9-7-13-8-14-11(9)15-10-4-2-1-3-5-10/h7-8,10H,1-5H2,(H,13,14,15). The third-order valence-corrected chi connectivity index (χ3v) is 2.78. The van der Waals surface area contributed by atoms with Crippen molar-refractivity contribution in [1.29, 1.82) is 5.26 Å². The molecular formula is C11H14N4. The van der Waals surface area contributed by atoms with Crippen molar-refractivity contribution in [2.24, 2.45) is 0 Å². The minimum absolute atomic E-state index is 0.473. The average Bonchev–Trinajstić information content (AvgIpc) is 2.31. The first-order chi connectivity index (χ1) is 7.40. The van der Waals surface area contributed by atoms with E-state index in [2.05, 4.69) is 21.4 Å². The number of nitrogens with zero attached hydrogens (tertiary/aromatic N) is 3. The van der Waals surface area contributed by atoms with Gasteiger partial charge in [0.25, 0.3) is 0 Å². The van der Waals surface area contributed by atoms with Crippen LogP contribution >= 0.6 is 0 Å². The third kappa shape index (κ3) is 2.44. The lowest BCUT2D eigenvalue weighted by Crippen LogP contribution is -2.23. The summed E-state index contributed by atoms with van der Waals surface area (Å²) in [4.78, 5) is 7.93. The van der Waals surface area contributed by atoms with Gasteiger partial charge in [-0.3, -0.25) is 0 Å². The van der Waals surface area contributed by atoms with Crippen LogP contribution in [0.15, 0.2) is 12.5 Å². The fourth-order valence-corrected chi connectivity index (χ4v) is 1.97. The minimum Gasteiger partial charge on any atom is -0.366 e. The number of aromatic nitrogens is 2. The molecule has 0 saturated heterocycles. The molecule has 1 aliphatic rings. The number of anilines is 1. The minimum atomic E-state index is 0.473. The predicted octanol–water partition coefficient (Wildman–Crippen LogP) is 2.09. The fraction of sp³-hybridized carbons (Fsp3) is 0.545. The first-order valence-corrected chi connectivity index (χ1v) is 5.37. The van der Waals surface area contributed by atoms with Crippen molar-refractivity contribution in [3.8, 4) is 6.07 Å². The van der Waals surface area contributed by atoms with Crippen molar-refractivity contribution in [3.63, 3.8) is 0 Å². The second-order valence-corrected chi connectivity index (χ2v) is 3.88. The van der Waals surface area contributed by atoms with Crippen molar-refractivity contribution < 1.29 is 0 Å². The van der Waals surface area contributed by atoms with Gasteiger partial charge in [0, 0.05) is 6.04 Å². The first kappa shape index (κ1) is 9.91. The summed E-state index contributed by atoms with van der Waals surface area (Å²) in [5.74, 6) is 0.680. The molecule has 78 valence electrons. The number of hydrogen-bond acceptors (Lipinski definition) is 4. The van der Waals surface area contributed by atoms with Gasteiger partial charge < -0.3 is 5.32 Å². The largest absolute Gasteiger partial charge is 0.366 e. The van der Waals surface area contributed by atoms with E-state index in [4.69, 9.17) is 5.26 Å². The molecule has 0 radical (unpaired) electrons. The number of nitrogens with one attached hydrogen (secondary N) is 1. The zero-order chi connectivity index (χ0) is 10.5. The van der Waals surface area contributed by atoms with E-state index in [1.807, 2.05) is 0 Å². The quantitative estimate of drug-likeness (QED) is 0.797. The van der Waals surface area contributed by atoms with Crippen LogP contribution in [0.2, 0.25) is 0 Å². The third-order valence-electron chi connectivity index (χ3n) is 2.78. The van der Waals surface area contributed by atoms with Gasteiger partial charge in [0.2, 0.25) is 0 Å². The summed E-state index contributed by atoms with van der Waals surface area (Å²) in [7, 11) is 0. The molecule has 1 fully saturated rings. The van der Waals surface area contributed by atoms with Crippen LogP contribution in [0, 0.1) is 11.3 Å². The molecule has 15 heavy (non-hydrogen) atoms. The molecule has 1 heterocycles. The maximum absolute atomic E-state index is 8.88. The molecule has 2 rings (SSSR count). The Labute approximate surface area is 89.4 Å². The fourth-order valence-electron chi connectivity index (χ4n) is 1.97. The van der Waals surface area contributed by atoms with E-state index in [0.717, 1.165) is 0 Å². The highest BCUT2D eigenvalue weighted by atomic mass is 15.0. The molecule has 1 N–H and O–H groups in total. The molecule has 1 aromatic heterocycles. The lowest BCUT2D eigenvalue weighted by Gasteiger charge is -2.23. The van der Waals surface area contributed by atoms with Crippen molar-refractivity contribution in [1.82, 2.24) is 9.97 Å². The van der Waals surface area contributed by atoms with Crippen molar-refractivity contribution in [2.75, 3.05) is 5.32 Å². The van der Waals surface area contributed by atoms with Crippen LogP contribution < -0.4 is 5.32 Å². The van der Waals surface area contributed by atoms with Crippen LogP contribution in [0.25, 0.3) is 0 Å². The van der Waals surface area contributed by atoms with Gasteiger partial charge in [-0.2, -0.15) is 5.26 Å². The Bertz CT molecular complexity index is 363. The van der Waals surface area contributed by atoms with Gasteiger partial charge in [0.15, 0.2) is 0 Å². The van der Waals surface area contributed by atoms with Crippen molar-refractivity contribution in [2.45, 2.75) is 38.1 Å². The van der Waals surface area contributed by atoms with E-state index >= 15 is 0 Å². The molecule has 4 nitrogen and oxygen atoms in total. The molecule has 0 unspecified atom stereocenters. The van der Waals surface area contributed by atoms with E-state index in [-0.39, 0.29) is 0 Å². The number of rotatable bonds is 2. The maximum Gasteiger partial charge on any atom is 0.147 e. The summed E-state index contributed by atoms with van der Waals surface area (Å²) >= 11 is 0. The highest BCUT2D eigenvalue weighted by Crippen LogP contribution is 2.21. The lowest BCUT2D eigenvalue weighted by atomic mass is 9.95. The summed E-state index contributed by atoms with van der Waals surface area (Å²) in [6.45, 7) is 0. The first-order valence-electron chi connectivity index (χ1n) is 5.37. The van der Waals surface area contributed by atoms with E-state index in [1.54, 1.807) is 6.20 Å². The van der Waals surface area contributed by atoms with Gasteiger partial charge in [-0.15, -0.1) is 0 Å². The van der Waals surface area contributed by atoms with Gasteiger partial charge in [0.05, 0.1) is 6.20 Å². The van der Waals surface area contributed by atoms with E-state index in [0.29, 0.717) is 17.4 Å². The molecule has 1 aromatic rings. The molecule has 0 aliphatic heterocycles. The van der Waals surface area contributed by atoms with Gasteiger partial charge in [0.1, 0.15) is 23.8 Å². The average molecular weight is 202 g/mol. The maximum atomic E-state index is 8.88. The smallest absolute Gasteiger partial charge is 0.147 e. The number of nitriles is 1. The van der Waals surface area contributed by atoms with E-state index in [9.17, 15) is 0 Å². The summed E-state index contributed by atoms with van der Waals surface area (Å²) in [5.41, 5.74) is 0.531. The van der Waals surface area contributed by atoms with Crippen molar-refractivity contribution >= 4 is 5.82 Å². The van der Waals surface area contributed by atoms with Crippen LogP contribution in [-0.2, 0) is 0 Å². The van der Waals surface area contributed by atoms with Gasteiger partial charge >= 0.3 is 0 Å². The molecule has 1 saturated carbocycles. The molecule has 0 atom stereocenters. The zero-order valence-corrected chi connectivity index (χ0v) is 8.61. The van der Waals surface area contributed by atoms with Crippen LogP contribution in [-0.4, -0.2) is 16.0 Å². The Kier molecular flexibility index (Phi) is 3.13. The Balaban J connectivity index is 2.06. The second-order valence-electron chi connectivity index (χ2n) is 3.88. The van der Waals surface area contributed by atoms with E-state index in [1.165, 1.54) is 38.4 Å². The van der Waals surface area contributed by atoms with Crippen LogP contribution in [0.4, 0.5) is 5.82 Å². The van der Waals surface area contributed by atoms with Crippen LogP contribution in [0.3, 0.4) is 0 Å². The monoisotopic (exact) mass is 202 g/mol. The topological polar surface area (TPSA) is 61.6 Å². The summed E-state index contributed by atoms with van der Waals surface area (Å²) in [6, 6.07) is 2.57. The second kappa shape index (κ2) is 4.74. The summed E-state index contributed by atoms with van der Waals surface area (Å²) in [5, 5.41) is 12.2. The molecule has 0 bridgehead atoms. The Morgan fingerprint density at radius 3 is 2.87 bits per heavy atom. The van der Waals surface area contributed by atoms with Gasteiger partial charge in [-0.25, -0.2) is 9.97 Å². The summed E-state index contributed by atoms with van der Waals surface area (Å²) in [6.07, 6.45) is 9.25. The molecule has 4 heteroatoms. The van der Waals surface area contributed by atoms with Crippen LogP contribution in [0.5, 0.6) is 0 Å². The molecule has 0 aromatic carbocycles. The Morgan fingerprint density at radius 2 is 2.13 bits per heavy atom. The van der Waals surface area contributed by atoms with E-state index < -0.39 is 0 Å². The Hall–Kier alpha value is -1.63. The number of hydrogen-bond donors (Lipinski definition) is 1. The van der Waals surface area contributed by atoms with Crippen LogP contribution in [0.1, 0.15) is 37.7 Å². The molecule has 0 spiro atoms. The van der Waals surface area contributed by atoms with Crippen molar-refractivity contribution in [3.05, 3.63) is 18.1 Å². The molecule has 0 amide bonds. The predicted molar refractivity (Wildman–Crippen MR) is 57.2 cm³/mol. The Morgan fingerprint density at radius 1 is 1.33 bits per heavy atom. The molecular weight excluding hydrogens is 188 g/mol. The van der Waals surface area contributed by atoms with Gasteiger partial charge in [-0.05, 0) is 12.8 Å².